The van der Waals surface area contributed by atoms with Gasteiger partial charge in [-0.3, -0.25) is 0 Å². The number of hydrogen-bond acceptors (Lipinski definition) is 2. The number of benzene rings is 3. The van der Waals surface area contributed by atoms with Crippen molar-refractivity contribution < 1.29 is 0 Å². The molecule has 0 saturated carbocycles. The molecule has 0 spiro atoms. The molecule has 4 aromatic rings. The number of rotatable bonds is 1. The summed E-state index contributed by atoms with van der Waals surface area (Å²) in [6.07, 6.45) is 0. The topological polar surface area (TPSA) is 12.9 Å². The highest BCUT2D eigenvalue weighted by molar-refractivity contribution is 7.21. The number of hydrogen-bond donors (Lipinski definition) is 0. The Morgan fingerprint density at radius 3 is 2.62 bits per heavy atom. The maximum atomic E-state index is 4.89. The highest BCUT2D eigenvalue weighted by atomic mass is 32.1. The van der Waals surface area contributed by atoms with Crippen LogP contribution in [0.1, 0.15) is 11.1 Å². The van der Waals surface area contributed by atoms with Gasteiger partial charge in [0, 0.05) is 5.56 Å². The van der Waals surface area contributed by atoms with E-state index in [2.05, 4.69) is 68.4 Å². The van der Waals surface area contributed by atoms with E-state index in [9.17, 15) is 0 Å². The third kappa shape index (κ3) is 2.03. The van der Waals surface area contributed by atoms with Gasteiger partial charge in [-0.25, -0.2) is 4.98 Å². The molecule has 3 aromatic carbocycles. The first-order valence-electron chi connectivity index (χ1n) is 7.08. The minimum atomic E-state index is 1.11. The SMILES string of the molecule is Cc1cc(C)c2nc(-c3cccc4ccccc34)sc2c1. The fourth-order valence-electron chi connectivity index (χ4n) is 2.90. The molecule has 1 aromatic heterocycles. The lowest BCUT2D eigenvalue weighted by Crippen LogP contribution is -1.81. The third-order valence-electron chi connectivity index (χ3n) is 3.85. The van der Waals surface area contributed by atoms with Crippen molar-refractivity contribution >= 4 is 32.3 Å². The molecule has 0 atom stereocenters. The number of thiazole rings is 1. The Balaban J connectivity index is 2.03. The first-order chi connectivity index (χ1) is 10.2. The smallest absolute Gasteiger partial charge is 0.125 e. The summed E-state index contributed by atoms with van der Waals surface area (Å²) in [6.45, 7) is 4.28. The minimum Gasteiger partial charge on any atom is -0.236 e. The third-order valence-corrected chi connectivity index (χ3v) is 4.89. The summed E-state index contributed by atoms with van der Waals surface area (Å²) >= 11 is 1.78. The van der Waals surface area contributed by atoms with Crippen molar-refractivity contribution in [2.24, 2.45) is 0 Å². The van der Waals surface area contributed by atoms with E-state index in [1.165, 1.54) is 32.2 Å². The van der Waals surface area contributed by atoms with Gasteiger partial charge in [0.15, 0.2) is 0 Å². The van der Waals surface area contributed by atoms with Crippen LogP contribution < -0.4 is 0 Å². The second-order valence-electron chi connectivity index (χ2n) is 5.47. The summed E-state index contributed by atoms with van der Waals surface area (Å²) in [5, 5.41) is 3.64. The molecule has 2 heteroatoms. The van der Waals surface area contributed by atoms with E-state index in [-0.39, 0.29) is 0 Å². The van der Waals surface area contributed by atoms with E-state index >= 15 is 0 Å². The van der Waals surface area contributed by atoms with Gasteiger partial charge in [-0.2, -0.15) is 0 Å². The average molecular weight is 289 g/mol. The molecule has 1 heterocycles. The van der Waals surface area contributed by atoms with Gasteiger partial charge in [-0.15, -0.1) is 11.3 Å². The quantitative estimate of drug-likeness (QED) is 0.436. The van der Waals surface area contributed by atoms with Crippen molar-refractivity contribution in [3.63, 3.8) is 0 Å². The number of fused-ring (bicyclic) bond motifs is 2. The van der Waals surface area contributed by atoms with E-state index in [4.69, 9.17) is 4.98 Å². The average Bonchev–Trinajstić information content (AvgIpc) is 2.90. The fourth-order valence-corrected chi connectivity index (χ4v) is 4.08. The molecular weight excluding hydrogens is 274 g/mol. The normalized spacial score (nSPS) is 11.3. The van der Waals surface area contributed by atoms with Crippen molar-refractivity contribution in [3.8, 4) is 10.6 Å². The summed E-state index contributed by atoms with van der Waals surface area (Å²) in [6, 6.07) is 19.4. The predicted molar refractivity (Wildman–Crippen MR) is 92.0 cm³/mol. The van der Waals surface area contributed by atoms with Crippen LogP contribution in [0.4, 0.5) is 0 Å². The van der Waals surface area contributed by atoms with Crippen LogP contribution in [0.25, 0.3) is 31.6 Å². The van der Waals surface area contributed by atoms with Crippen LogP contribution in [0.2, 0.25) is 0 Å². The van der Waals surface area contributed by atoms with Gasteiger partial charge in [0.05, 0.1) is 10.2 Å². The number of nitrogens with zero attached hydrogens (tertiary/aromatic N) is 1. The Labute approximate surface area is 127 Å². The molecule has 0 aliphatic carbocycles. The molecule has 0 radical (unpaired) electrons. The molecule has 21 heavy (non-hydrogen) atoms. The lowest BCUT2D eigenvalue weighted by atomic mass is 10.1. The first kappa shape index (κ1) is 12.5. The zero-order valence-electron chi connectivity index (χ0n) is 12.1. The number of aromatic nitrogens is 1. The number of aryl methyl sites for hydroxylation is 2. The molecule has 0 fully saturated rings. The van der Waals surface area contributed by atoms with Crippen LogP contribution in [0.15, 0.2) is 54.6 Å². The molecule has 0 saturated heterocycles. The summed E-state index contributed by atoms with van der Waals surface area (Å²) < 4.78 is 1.27. The highest BCUT2D eigenvalue weighted by Gasteiger charge is 2.11. The van der Waals surface area contributed by atoms with E-state index in [1.54, 1.807) is 11.3 Å². The molecule has 0 aliphatic rings. The Morgan fingerprint density at radius 1 is 0.905 bits per heavy atom. The molecule has 4 rings (SSSR count). The van der Waals surface area contributed by atoms with Crippen LogP contribution in [-0.4, -0.2) is 4.98 Å². The van der Waals surface area contributed by atoms with E-state index in [1.807, 2.05) is 0 Å². The van der Waals surface area contributed by atoms with Gasteiger partial charge in [0.2, 0.25) is 0 Å². The second kappa shape index (κ2) is 4.68. The Morgan fingerprint density at radius 2 is 1.71 bits per heavy atom. The maximum Gasteiger partial charge on any atom is 0.125 e. The first-order valence-corrected chi connectivity index (χ1v) is 7.90. The monoisotopic (exact) mass is 289 g/mol. The van der Waals surface area contributed by atoms with Crippen molar-refractivity contribution in [1.82, 2.24) is 4.98 Å². The van der Waals surface area contributed by atoms with Crippen LogP contribution in [0.3, 0.4) is 0 Å². The van der Waals surface area contributed by atoms with Gasteiger partial charge in [0.1, 0.15) is 5.01 Å². The second-order valence-corrected chi connectivity index (χ2v) is 6.50. The fraction of sp³-hybridized carbons (Fsp3) is 0.105. The van der Waals surface area contributed by atoms with Gasteiger partial charge in [-0.05, 0) is 41.8 Å². The van der Waals surface area contributed by atoms with E-state index < -0.39 is 0 Å². The van der Waals surface area contributed by atoms with Crippen molar-refractivity contribution in [3.05, 3.63) is 65.7 Å². The highest BCUT2D eigenvalue weighted by Crippen LogP contribution is 2.35. The maximum absolute atomic E-state index is 4.89. The van der Waals surface area contributed by atoms with Crippen LogP contribution in [-0.2, 0) is 0 Å². The molecule has 0 bridgehead atoms. The summed E-state index contributed by atoms with van der Waals surface area (Å²) in [4.78, 5) is 4.89. The van der Waals surface area contributed by atoms with Crippen LogP contribution in [0.5, 0.6) is 0 Å². The Kier molecular flexibility index (Phi) is 2.79. The molecule has 0 aliphatic heterocycles. The van der Waals surface area contributed by atoms with Crippen molar-refractivity contribution in [1.29, 1.82) is 0 Å². The Hall–Kier alpha value is -2.19. The van der Waals surface area contributed by atoms with Gasteiger partial charge in [-0.1, -0.05) is 48.5 Å². The van der Waals surface area contributed by atoms with Crippen LogP contribution in [0, 0.1) is 13.8 Å². The lowest BCUT2D eigenvalue weighted by molar-refractivity contribution is 1.38. The van der Waals surface area contributed by atoms with E-state index in [0.717, 1.165) is 10.5 Å². The predicted octanol–water partition coefficient (Wildman–Crippen LogP) is 5.73. The molecular formula is C19H15NS. The van der Waals surface area contributed by atoms with Crippen molar-refractivity contribution in [2.75, 3.05) is 0 Å². The summed E-state index contributed by atoms with van der Waals surface area (Å²) in [7, 11) is 0. The molecule has 102 valence electrons. The molecule has 0 unspecified atom stereocenters. The minimum absolute atomic E-state index is 1.11. The standard InChI is InChI=1S/C19H15NS/c1-12-10-13(2)18-17(11-12)21-19(20-18)16-9-5-7-14-6-3-4-8-15(14)16/h3-11H,1-2H3. The van der Waals surface area contributed by atoms with Gasteiger partial charge < -0.3 is 0 Å². The van der Waals surface area contributed by atoms with Gasteiger partial charge >= 0.3 is 0 Å². The zero-order chi connectivity index (χ0) is 14.4. The molecule has 0 amide bonds. The lowest BCUT2D eigenvalue weighted by Gasteiger charge is -2.02. The molecule has 0 N–H and O–H groups in total. The largest absolute Gasteiger partial charge is 0.236 e. The van der Waals surface area contributed by atoms with Gasteiger partial charge in [0.25, 0.3) is 0 Å². The molecule has 1 nitrogen and oxygen atoms in total. The van der Waals surface area contributed by atoms with Crippen molar-refractivity contribution in [2.45, 2.75) is 13.8 Å². The van der Waals surface area contributed by atoms with Crippen LogP contribution >= 0.6 is 11.3 Å². The summed E-state index contributed by atoms with van der Waals surface area (Å²) in [5.41, 5.74) is 4.92. The Bertz CT molecular complexity index is 961. The summed E-state index contributed by atoms with van der Waals surface area (Å²) in [5.74, 6) is 0. The van der Waals surface area contributed by atoms with E-state index in [0.29, 0.717) is 0 Å². The zero-order valence-corrected chi connectivity index (χ0v) is 12.9.